The predicted molar refractivity (Wildman–Crippen MR) is 88.6 cm³/mol. The molecular weight excluding hydrogens is 316 g/mol. The molecule has 7 heteroatoms. The van der Waals surface area contributed by atoms with Gasteiger partial charge in [-0.05, 0) is 30.5 Å². The van der Waals surface area contributed by atoms with Crippen molar-refractivity contribution in [1.29, 1.82) is 0 Å². The Hall–Kier alpha value is -1.60. The fourth-order valence-electron chi connectivity index (χ4n) is 2.88. The molecule has 1 aromatic rings. The van der Waals surface area contributed by atoms with Crippen molar-refractivity contribution in [2.24, 2.45) is 5.92 Å². The van der Waals surface area contributed by atoms with Crippen LogP contribution in [0.3, 0.4) is 0 Å². The molecule has 1 amide bonds. The van der Waals surface area contributed by atoms with E-state index in [0.29, 0.717) is 13.1 Å². The lowest BCUT2D eigenvalue weighted by Gasteiger charge is -2.32. The lowest BCUT2D eigenvalue weighted by molar-refractivity contribution is -0.135. The van der Waals surface area contributed by atoms with E-state index >= 15 is 0 Å². The van der Waals surface area contributed by atoms with Gasteiger partial charge < -0.3 is 9.64 Å². The van der Waals surface area contributed by atoms with Gasteiger partial charge in [0.1, 0.15) is 5.75 Å². The molecule has 2 rings (SSSR count). The molecule has 0 bridgehead atoms. The van der Waals surface area contributed by atoms with Crippen LogP contribution in [0.25, 0.3) is 0 Å². The van der Waals surface area contributed by atoms with E-state index in [9.17, 15) is 13.2 Å². The zero-order valence-electron chi connectivity index (χ0n) is 13.9. The highest BCUT2D eigenvalue weighted by Crippen LogP contribution is 2.21. The summed E-state index contributed by atoms with van der Waals surface area (Å²) in [5.74, 6) is 0.472. The summed E-state index contributed by atoms with van der Waals surface area (Å²) >= 11 is 0. The summed E-state index contributed by atoms with van der Waals surface area (Å²) in [6.07, 6.45) is 2.64. The van der Waals surface area contributed by atoms with Crippen molar-refractivity contribution in [1.82, 2.24) is 9.21 Å². The zero-order valence-corrected chi connectivity index (χ0v) is 14.7. The number of amides is 1. The second-order valence-electron chi connectivity index (χ2n) is 6.01. The van der Waals surface area contributed by atoms with E-state index in [4.69, 9.17) is 4.74 Å². The summed E-state index contributed by atoms with van der Waals surface area (Å²) in [5.41, 5.74) is 0.982. The Morgan fingerprint density at radius 3 is 2.83 bits per heavy atom. The first-order valence-electron chi connectivity index (χ1n) is 7.64. The third-order valence-corrected chi connectivity index (χ3v) is 5.40. The number of benzene rings is 1. The molecular formula is C16H24N2O4S. The molecule has 0 spiro atoms. The van der Waals surface area contributed by atoms with E-state index in [-0.39, 0.29) is 18.4 Å². The minimum atomic E-state index is -3.24. The van der Waals surface area contributed by atoms with E-state index in [2.05, 4.69) is 0 Å². The maximum Gasteiger partial charge on any atom is 0.227 e. The molecule has 1 atom stereocenters. The van der Waals surface area contributed by atoms with Crippen LogP contribution in [0.4, 0.5) is 0 Å². The average Bonchev–Trinajstić information content (AvgIpc) is 2.53. The molecule has 1 fully saturated rings. The molecule has 23 heavy (non-hydrogen) atoms. The van der Waals surface area contributed by atoms with Gasteiger partial charge in [-0.2, -0.15) is 0 Å². The van der Waals surface area contributed by atoms with Crippen LogP contribution in [-0.2, 0) is 21.4 Å². The van der Waals surface area contributed by atoms with Crippen LogP contribution in [0.2, 0.25) is 0 Å². The second kappa shape index (κ2) is 7.31. The zero-order chi connectivity index (χ0) is 17.0. The predicted octanol–water partition coefficient (Wildman–Crippen LogP) is 1.33. The van der Waals surface area contributed by atoms with Gasteiger partial charge in [0.2, 0.25) is 15.9 Å². The lowest BCUT2D eigenvalue weighted by atomic mass is 9.98. The maximum atomic E-state index is 12.6. The second-order valence-corrected chi connectivity index (χ2v) is 7.99. The summed E-state index contributed by atoms with van der Waals surface area (Å²) in [6, 6.07) is 7.58. The molecule has 1 aliphatic heterocycles. The highest BCUT2D eigenvalue weighted by molar-refractivity contribution is 7.88. The van der Waals surface area contributed by atoms with Gasteiger partial charge in [-0.15, -0.1) is 0 Å². The molecule has 0 radical (unpaired) electrons. The van der Waals surface area contributed by atoms with Crippen LogP contribution in [0.1, 0.15) is 18.4 Å². The van der Waals surface area contributed by atoms with Crippen LogP contribution < -0.4 is 4.74 Å². The SMILES string of the molecule is COc1cccc(CN(C)C(=O)C2CCCN(S(C)(=O)=O)C2)c1. The number of ether oxygens (including phenoxy) is 1. The van der Waals surface area contributed by atoms with Gasteiger partial charge in [0, 0.05) is 26.7 Å². The van der Waals surface area contributed by atoms with Gasteiger partial charge in [-0.25, -0.2) is 12.7 Å². The Morgan fingerprint density at radius 1 is 1.43 bits per heavy atom. The third-order valence-electron chi connectivity index (χ3n) is 4.13. The number of hydrogen-bond donors (Lipinski definition) is 0. The third kappa shape index (κ3) is 4.68. The first-order valence-corrected chi connectivity index (χ1v) is 9.49. The molecule has 1 unspecified atom stereocenters. The Bertz CT molecular complexity index is 660. The van der Waals surface area contributed by atoms with E-state index in [1.54, 1.807) is 19.1 Å². The highest BCUT2D eigenvalue weighted by atomic mass is 32.2. The molecule has 1 saturated heterocycles. The average molecular weight is 340 g/mol. The van der Waals surface area contributed by atoms with Gasteiger partial charge in [-0.1, -0.05) is 12.1 Å². The Morgan fingerprint density at radius 2 is 2.17 bits per heavy atom. The van der Waals surface area contributed by atoms with Crippen molar-refractivity contribution in [2.45, 2.75) is 19.4 Å². The largest absolute Gasteiger partial charge is 0.497 e. The summed E-state index contributed by atoms with van der Waals surface area (Å²) in [6.45, 7) is 1.26. The number of sulfonamides is 1. The van der Waals surface area contributed by atoms with Gasteiger partial charge in [0.25, 0.3) is 0 Å². The maximum absolute atomic E-state index is 12.6. The topological polar surface area (TPSA) is 66.9 Å². The summed E-state index contributed by atoms with van der Waals surface area (Å²) in [4.78, 5) is 14.3. The van der Waals surface area contributed by atoms with Crippen LogP contribution in [0, 0.1) is 5.92 Å². The minimum Gasteiger partial charge on any atom is -0.497 e. The summed E-state index contributed by atoms with van der Waals surface area (Å²) in [7, 11) is 0.118. The van der Waals surface area contributed by atoms with E-state index in [1.807, 2.05) is 24.3 Å². The Balaban J connectivity index is 2.01. The monoisotopic (exact) mass is 340 g/mol. The number of rotatable bonds is 5. The fraction of sp³-hybridized carbons (Fsp3) is 0.562. The van der Waals surface area contributed by atoms with Gasteiger partial charge in [0.15, 0.2) is 0 Å². The molecule has 0 aliphatic carbocycles. The van der Waals surface area contributed by atoms with Crippen molar-refractivity contribution in [3.8, 4) is 5.75 Å². The highest BCUT2D eigenvalue weighted by Gasteiger charge is 2.31. The smallest absolute Gasteiger partial charge is 0.227 e. The number of hydrogen-bond acceptors (Lipinski definition) is 4. The molecule has 0 N–H and O–H groups in total. The molecule has 0 aromatic heterocycles. The standard InChI is InChI=1S/C16H24N2O4S/c1-17(11-13-6-4-8-15(10-13)22-2)16(19)14-7-5-9-18(12-14)23(3,20)21/h4,6,8,10,14H,5,7,9,11-12H2,1-3H3. The van der Waals surface area contributed by atoms with Crippen molar-refractivity contribution in [3.05, 3.63) is 29.8 Å². The minimum absolute atomic E-state index is 0.0128. The van der Waals surface area contributed by atoms with Crippen molar-refractivity contribution in [3.63, 3.8) is 0 Å². The summed E-state index contributed by atoms with van der Waals surface area (Å²) in [5, 5.41) is 0. The van der Waals surface area contributed by atoms with Crippen LogP contribution in [-0.4, -0.2) is 57.0 Å². The molecule has 1 aromatic carbocycles. The normalized spacial score (nSPS) is 19.3. The first-order chi connectivity index (χ1) is 10.8. The summed E-state index contributed by atoms with van der Waals surface area (Å²) < 4.78 is 29.9. The quantitative estimate of drug-likeness (QED) is 0.811. The number of carbonyl (C=O) groups excluding carboxylic acids is 1. The van der Waals surface area contributed by atoms with Crippen LogP contribution in [0.5, 0.6) is 5.75 Å². The van der Waals surface area contributed by atoms with Crippen molar-refractivity contribution < 1.29 is 17.9 Å². The molecule has 128 valence electrons. The number of methoxy groups -OCH3 is 1. The Kier molecular flexibility index (Phi) is 5.64. The number of piperidine rings is 1. The van der Waals surface area contributed by atoms with E-state index in [0.717, 1.165) is 24.2 Å². The van der Waals surface area contributed by atoms with Crippen molar-refractivity contribution in [2.75, 3.05) is 33.5 Å². The molecule has 0 saturated carbocycles. The van der Waals surface area contributed by atoms with Crippen LogP contribution >= 0.6 is 0 Å². The Labute approximate surface area is 138 Å². The van der Waals surface area contributed by atoms with E-state index < -0.39 is 10.0 Å². The molecule has 6 nitrogen and oxygen atoms in total. The van der Waals surface area contributed by atoms with E-state index in [1.165, 1.54) is 10.6 Å². The van der Waals surface area contributed by atoms with Gasteiger partial charge in [0.05, 0.1) is 19.3 Å². The molecule has 1 heterocycles. The number of carbonyl (C=O) groups is 1. The van der Waals surface area contributed by atoms with Crippen molar-refractivity contribution >= 4 is 15.9 Å². The van der Waals surface area contributed by atoms with Crippen LogP contribution in [0.15, 0.2) is 24.3 Å². The number of nitrogens with zero attached hydrogens (tertiary/aromatic N) is 2. The lowest BCUT2D eigenvalue weighted by Crippen LogP contribution is -2.45. The first kappa shape index (κ1) is 17.7. The molecule has 1 aliphatic rings. The fourth-order valence-corrected chi connectivity index (χ4v) is 3.79. The van der Waals surface area contributed by atoms with Gasteiger partial charge >= 0.3 is 0 Å². The van der Waals surface area contributed by atoms with Gasteiger partial charge in [-0.3, -0.25) is 4.79 Å².